The van der Waals surface area contributed by atoms with E-state index >= 15 is 0 Å². The van der Waals surface area contributed by atoms with Crippen LogP contribution in [0.3, 0.4) is 0 Å². The number of ether oxygens (including phenoxy) is 2. The maximum atomic E-state index is 12.1. The summed E-state index contributed by atoms with van der Waals surface area (Å²) in [6, 6.07) is 8.63. The number of nitrogens with two attached hydrogens (primary N) is 1. The van der Waals surface area contributed by atoms with Gasteiger partial charge in [-0.2, -0.15) is 0 Å². The monoisotopic (exact) mass is 372 g/mol. The zero-order valence-electron chi connectivity index (χ0n) is 15.2. The Morgan fingerprint density at radius 2 is 1.84 bits per heavy atom. The third-order valence-corrected chi connectivity index (χ3v) is 4.79. The topological polar surface area (TPSA) is 98.9 Å². The fraction of sp³-hybridized carbons (Fsp3) is 0.588. The van der Waals surface area contributed by atoms with Crippen molar-refractivity contribution in [3.05, 3.63) is 35.9 Å². The zero-order valence-corrected chi connectivity index (χ0v) is 16.0. The van der Waals surface area contributed by atoms with E-state index in [4.69, 9.17) is 15.2 Å². The number of carbonyl (C=O) groups excluding carboxylic acids is 1. The van der Waals surface area contributed by atoms with E-state index in [-0.39, 0.29) is 19.3 Å². The maximum Gasteiger partial charge on any atom is 0.323 e. The van der Waals surface area contributed by atoms with Crippen LogP contribution in [0.4, 0.5) is 0 Å². The predicted octanol–water partition coefficient (Wildman–Crippen LogP) is 0.785. The van der Waals surface area contributed by atoms with Crippen LogP contribution in [-0.4, -0.2) is 63.4 Å². The number of esters is 1. The van der Waals surface area contributed by atoms with Crippen molar-refractivity contribution in [2.45, 2.75) is 38.5 Å². The molecule has 0 fully saturated rings. The Balaban J connectivity index is 2.57. The molecule has 25 heavy (non-hydrogen) atoms. The summed E-state index contributed by atoms with van der Waals surface area (Å²) < 4.78 is 35.1. The number of likely N-dealkylation sites (N-methyl/N-ethyl adjacent to an activating group) is 1. The molecule has 2 atom stereocenters. The predicted molar refractivity (Wildman–Crippen MR) is 96.6 cm³/mol. The molecule has 0 aliphatic rings. The number of benzene rings is 1. The first-order valence-electron chi connectivity index (χ1n) is 8.12. The van der Waals surface area contributed by atoms with Crippen molar-refractivity contribution in [3.8, 4) is 0 Å². The summed E-state index contributed by atoms with van der Waals surface area (Å²) in [5.41, 5.74) is 6.83. The third kappa shape index (κ3) is 8.44. The highest BCUT2D eigenvalue weighted by molar-refractivity contribution is 7.88. The Labute approximate surface area is 150 Å². The first-order valence-corrected chi connectivity index (χ1v) is 9.97. The third-order valence-electron chi connectivity index (χ3n) is 3.50. The van der Waals surface area contributed by atoms with E-state index < -0.39 is 28.1 Å². The summed E-state index contributed by atoms with van der Waals surface area (Å²) >= 11 is 0. The van der Waals surface area contributed by atoms with Crippen molar-refractivity contribution in [3.63, 3.8) is 0 Å². The number of hydrogen-bond acceptors (Lipinski definition) is 6. The number of sulfonamides is 1. The molecule has 0 aliphatic heterocycles. The average Bonchev–Trinajstić information content (AvgIpc) is 2.51. The fourth-order valence-corrected chi connectivity index (χ4v) is 2.61. The van der Waals surface area contributed by atoms with Crippen molar-refractivity contribution in [1.29, 1.82) is 0 Å². The quantitative estimate of drug-likeness (QED) is 0.610. The van der Waals surface area contributed by atoms with E-state index in [0.717, 1.165) is 16.1 Å². The van der Waals surface area contributed by atoms with Gasteiger partial charge in [0.1, 0.15) is 18.8 Å². The first-order chi connectivity index (χ1) is 11.6. The largest absolute Gasteiger partial charge is 0.462 e. The highest BCUT2D eigenvalue weighted by Gasteiger charge is 2.23. The second-order valence-electron chi connectivity index (χ2n) is 6.28. The Hall–Kier alpha value is -1.48. The molecule has 0 saturated heterocycles. The molecule has 7 nitrogen and oxygen atoms in total. The van der Waals surface area contributed by atoms with Crippen molar-refractivity contribution < 1.29 is 22.7 Å². The maximum absolute atomic E-state index is 12.1. The van der Waals surface area contributed by atoms with Gasteiger partial charge in [-0.15, -0.1) is 0 Å². The van der Waals surface area contributed by atoms with Gasteiger partial charge in [0.05, 0.1) is 12.4 Å². The van der Waals surface area contributed by atoms with Crippen LogP contribution >= 0.6 is 0 Å². The molecule has 0 aromatic heterocycles. The van der Waals surface area contributed by atoms with Crippen LogP contribution in [0.5, 0.6) is 0 Å². The summed E-state index contributed by atoms with van der Waals surface area (Å²) in [6.45, 7) is 3.70. The molecule has 1 aromatic carbocycles. The van der Waals surface area contributed by atoms with E-state index in [1.54, 1.807) is 0 Å². The van der Waals surface area contributed by atoms with Crippen LogP contribution in [0.1, 0.15) is 19.4 Å². The van der Waals surface area contributed by atoms with Gasteiger partial charge in [-0.05, 0) is 25.8 Å². The number of hydrogen-bond donors (Lipinski definition) is 1. The molecule has 8 heteroatoms. The normalized spacial score (nSPS) is 14.5. The number of rotatable bonds is 10. The number of carbonyl (C=O) groups is 1. The molecule has 2 N–H and O–H groups in total. The summed E-state index contributed by atoms with van der Waals surface area (Å²) in [5, 5.41) is 0. The molecule has 0 unspecified atom stereocenters. The Morgan fingerprint density at radius 1 is 1.24 bits per heavy atom. The van der Waals surface area contributed by atoms with Crippen LogP contribution in [0, 0.1) is 0 Å². The molecular formula is C17H28N2O5S. The molecule has 0 radical (unpaired) electrons. The van der Waals surface area contributed by atoms with E-state index in [1.807, 2.05) is 44.2 Å². The van der Waals surface area contributed by atoms with Crippen molar-refractivity contribution >= 4 is 16.0 Å². The molecule has 0 spiro atoms. The van der Waals surface area contributed by atoms with Crippen LogP contribution in [0.2, 0.25) is 0 Å². The molecule has 0 heterocycles. The Kier molecular flexibility index (Phi) is 8.51. The first kappa shape index (κ1) is 21.6. The highest BCUT2D eigenvalue weighted by Crippen LogP contribution is 2.07. The smallest absolute Gasteiger partial charge is 0.323 e. The van der Waals surface area contributed by atoms with Gasteiger partial charge in [-0.1, -0.05) is 30.3 Å². The second kappa shape index (κ2) is 9.86. The Morgan fingerprint density at radius 3 is 2.36 bits per heavy atom. The van der Waals surface area contributed by atoms with Gasteiger partial charge in [0.15, 0.2) is 0 Å². The lowest BCUT2D eigenvalue weighted by molar-refractivity contribution is -0.150. The summed E-state index contributed by atoms with van der Waals surface area (Å²) in [6.07, 6.45) is 0.794. The average molecular weight is 372 g/mol. The van der Waals surface area contributed by atoms with Crippen LogP contribution in [0.15, 0.2) is 30.3 Å². The van der Waals surface area contributed by atoms with Crippen LogP contribution in [0.25, 0.3) is 0 Å². The van der Waals surface area contributed by atoms with E-state index in [0.29, 0.717) is 6.42 Å². The number of nitrogens with zero attached hydrogens (tertiary/aromatic N) is 1. The van der Waals surface area contributed by atoms with Gasteiger partial charge in [0, 0.05) is 13.6 Å². The molecular weight excluding hydrogens is 344 g/mol. The molecule has 0 saturated carbocycles. The minimum atomic E-state index is -3.34. The minimum Gasteiger partial charge on any atom is -0.462 e. The molecule has 142 valence electrons. The molecule has 1 aromatic rings. The van der Waals surface area contributed by atoms with Gasteiger partial charge in [-0.25, -0.2) is 12.7 Å². The summed E-state index contributed by atoms with van der Waals surface area (Å²) in [7, 11) is -1.89. The van der Waals surface area contributed by atoms with Crippen molar-refractivity contribution in [2.75, 3.05) is 26.5 Å². The van der Waals surface area contributed by atoms with E-state index in [2.05, 4.69) is 0 Å². The molecule has 0 bridgehead atoms. The van der Waals surface area contributed by atoms with Gasteiger partial charge in [0.25, 0.3) is 0 Å². The second-order valence-corrected chi connectivity index (χ2v) is 8.37. The Bertz CT molecular complexity index is 634. The minimum absolute atomic E-state index is 0.0562. The zero-order chi connectivity index (χ0) is 19.0. The lowest BCUT2D eigenvalue weighted by atomic mass is 10.1. The summed E-state index contributed by atoms with van der Waals surface area (Å²) in [4.78, 5) is 12.1. The van der Waals surface area contributed by atoms with Gasteiger partial charge in [-0.3, -0.25) is 4.79 Å². The van der Waals surface area contributed by atoms with Gasteiger partial charge >= 0.3 is 5.97 Å². The molecule has 1 rings (SSSR count). The lowest BCUT2D eigenvalue weighted by Crippen LogP contribution is -2.41. The van der Waals surface area contributed by atoms with Gasteiger partial charge in [0.2, 0.25) is 10.0 Å². The van der Waals surface area contributed by atoms with E-state index in [9.17, 15) is 13.2 Å². The standard InChI is InChI=1S/C17H28N2O5S/c1-13(2)24-15(11-19(3)25(4,21)22)12-23-17(20)16(18)10-14-8-6-5-7-9-14/h5-9,13,15-16H,10-12,18H2,1-4H3/t15-,16-/m0/s1. The fourth-order valence-electron chi connectivity index (χ4n) is 2.18. The summed E-state index contributed by atoms with van der Waals surface area (Å²) in [5.74, 6) is -0.539. The lowest BCUT2D eigenvalue weighted by Gasteiger charge is -2.25. The highest BCUT2D eigenvalue weighted by atomic mass is 32.2. The molecule has 0 amide bonds. The van der Waals surface area contributed by atoms with Crippen molar-refractivity contribution in [1.82, 2.24) is 4.31 Å². The van der Waals surface area contributed by atoms with Crippen LogP contribution < -0.4 is 5.73 Å². The SMILES string of the molecule is CC(C)O[C@H](COC(=O)[C@@H](N)Cc1ccccc1)CN(C)S(C)(=O)=O. The molecule has 0 aliphatic carbocycles. The van der Waals surface area contributed by atoms with Crippen molar-refractivity contribution in [2.24, 2.45) is 5.73 Å². The van der Waals surface area contributed by atoms with Gasteiger partial charge < -0.3 is 15.2 Å². The van der Waals surface area contributed by atoms with Crippen LogP contribution in [-0.2, 0) is 30.7 Å². The van der Waals surface area contributed by atoms with E-state index in [1.165, 1.54) is 7.05 Å².